The zero-order valence-corrected chi connectivity index (χ0v) is 15.0. The quantitative estimate of drug-likeness (QED) is 0.701. The van der Waals surface area contributed by atoms with Crippen molar-refractivity contribution in [2.24, 2.45) is 11.8 Å². The largest absolute Gasteiger partial charge is 0.507 e. The van der Waals surface area contributed by atoms with Gasteiger partial charge in [-0.3, -0.25) is 4.79 Å². The van der Waals surface area contributed by atoms with Gasteiger partial charge in [-0.25, -0.2) is 0 Å². The second kappa shape index (κ2) is 5.53. The predicted octanol–water partition coefficient (Wildman–Crippen LogP) is 1.11. The Balaban J connectivity index is 1.93. The van der Waals surface area contributed by atoms with Crippen molar-refractivity contribution in [3.8, 4) is 5.75 Å². The first-order valence-corrected chi connectivity index (χ1v) is 9.25. The summed E-state index contributed by atoms with van der Waals surface area (Å²) in [6, 6.07) is 4.23. The van der Waals surface area contributed by atoms with E-state index in [1.54, 1.807) is 0 Å². The van der Waals surface area contributed by atoms with Gasteiger partial charge in [0.05, 0.1) is 39.9 Å². The third-order valence-electron chi connectivity index (χ3n) is 7.36. The van der Waals surface area contributed by atoms with Crippen LogP contribution in [0.3, 0.4) is 0 Å². The molecule has 25 heavy (non-hydrogen) atoms. The number of aliphatic hydroxyl groups is 2. The van der Waals surface area contributed by atoms with Gasteiger partial charge in [0.25, 0.3) is 0 Å². The van der Waals surface area contributed by atoms with E-state index in [-0.39, 0.29) is 42.0 Å². The van der Waals surface area contributed by atoms with Gasteiger partial charge in [0, 0.05) is 47.6 Å². The monoisotopic (exact) mass is 346 g/mol. The predicted molar refractivity (Wildman–Crippen MR) is 93.1 cm³/mol. The number of fused-ring (bicyclic) bond motifs is 1. The fourth-order valence-corrected chi connectivity index (χ4v) is 5.91. The van der Waals surface area contributed by atoms with Crippen LogP contribution >= 0.6 is 0 Å². The highest BCUT2D eigenvalue weighted by molar-refractivity contribution is 5.84. The number of hydrogen-bond acceptors (Lipinski definition) is 4. The smallest absolute Gasteiger partial charge is 0.139 e. The summed E-state index contributed by atoms with van der Waals surface area (Å²) in [5, 5.41) is 30.2. The highest BCUT2D eigenvalue weighted by atomic mass is 16.3. The van der Waals surface area contributed by atoms with E-state index in [1.807, 2.05) is 12.1 Å². The zero-order valence-electron chi connectivity index (χ0n) is 15.0. The van der Waals surface area contributed by atoms with E-state index >= 15 is 0 Å². The number of likely N-dealkylation sites (tertiary alicyclic amines) is 1. The van der Waals surface area contributed by atoms with Crippen molar-refractivity contribution in [2.45, 2.75) is 43.7 Å². The van der Waals surface area contributed by atoms with Gasteiger partial charge >= 0.3 is 0 Å². The van der Waals surface area contributed by atoms with Gasteiger partial charge in [0.2, 0.25) is 0 Å². The summed E-state index contributed by atoms with van der Waals surface area (Å²) in [4.78, 5) is 12.7. The standard InChI is InChI=1S/C20H27NO4/c1-21(2)6-5-20-9-17(24)14(11-23)7-15(20)16(21)8-12-3-4-13(10-22)19(25)18(12)20/h3-4,14-16,22-23H,5-11H2,1-2H3/p+1/t14?,15?,16?,20-/m1/s1. The van der Waals surface area contributed by atoms with Gasteiger partial charge in [0.1, 0.15) is 11.5 Å². The summed E-state index contributed by atoms with van der Waals surface area (Å²) in [5.41, 5.74) is 2.23. The number of carbonyl (C=O) groups is 1. The molecule has 0 spiro atoms. The number of piperidine rings is 1. The fourth-order valence-electron chi connectivity index (χ4n) is 5.91. The van der Waals surface area contributed by atoms with Crippen molar-refractivity contribution in [3.05, 3.63) is 28.8 Å². The minimum absolute atomic E-state index is 0.0823. The summed E-state index contributed by atoms with van der Waals surface area (Å²) in [6.45, 7) is 0.694. The van der Waals surface area contributed by atoms with E-state index in [2.05, 4.69) is 14.1 Å². The molecular formula is C20H28NO4+. The lowest BCUT2D eigenvalue weighted by atomic mass is 9.50. The molecule has 1 aromatic rings. The number of rotatable bonds is 2. The first kappa shape index (κ1) is 17.0. The number of benzene rings is 1. The lowest BCUT2D eigenvalue weighted by Gasteiger charge is -2.60. The first-order chi connectivity index (χ1) is 11.8. The molecular weight excluding hydrogens is 318 g/mol. The molecule has 5 heteroatoms. The molecule has 2 bridgehead atoms. The number of aromatic hydroxyl groups is 1. The highest BCUT2D eigenvalue weighted by Crippen LogP contribution is 2.59. The Morgan fingerprint density at radius 2 is 2.04 bits per heavy atom. The number of nitrogens with zero attached hydrogens (tertiary/aromatic N) is 1. The Hall–Kier alpha value is -1.43. The first-order valence-electron chi connectivity index (χ1n) is 9.25. The van der Waals surface area contributed by atoms with Gasteiger partial charge in [0.15, 0.2) is 0 Å². The Labute approximate surface area is 148 Å². The van der Waals surface area contributed by atoms with Crippen LogP contribution in [-0.4, -0.2) is 58.9 Å². The van der Waals surface area contributed by atoms with Crippen LogP contribution in [0, 0.1) is 11.8 Å². The Bertz CT molecular complexity index is 729. The van der Waals surface area contributed by atoms with Gasteiger partial charge < -0.3 is 19.8 Å². The molecule has 4 atom stereocenters. The normalized spacial score (nSPS) is 35.8. The van der Waals surface area contributed by atoms with Crippen molar-refractivity contribution >= 4 is 5.78 Å². The number of hydrogen-bond donors (Lipinski definition) is 3. The molecule has 4 rings (SSSR count). The molecule has 1 saturated carbocycles. The number of phenols is 1. The molecule has 3 unspecified atom stereocenters. The van der Waals surface area contributed by atoms with Crippen LogP contribution in [0.25, 0.3) is 0 Å². The second-order valence-corrected chi connectivity index (χ2v) is 8.81. The molecule has 0 amide bonds. The van der Waals surface area contributed by atoms with E-state index in [0.717, 1.165) is 35.0 Å². The third kappa shape index (κ3) is 2.22. The maximum absolute atomic E-state index is 12.7. The number of quaternary nitrogens is 1. The van der Waals surface area contributed by atoms with E-state index in [9.17, 15) is 20.1 Å². The molecule has 2 fully saturated rings. The van der Waals surface area contributed by atoms with Crippen LogP contribution in [0.1, 0.15) is 36.0 Å². The molecule has 1 heterocycles. The Morgan fingerprint density at radius 3 is 2.72 bits per heavy atom. The van der Waals surface area contributed by atoms with Crippen LogP contribution in [-0.2, 0) is 23.2 Å². The van der Waals surface area contributed by atoms with Crippen LogP contribution in [0.15, 0.2) is 12.1 Å². The topological polar surface area (TPSA) is 77.8 Å². The van der Waals surface area contributed by atoms with Gasteiger partial charge in [-0.1, -0.05) is 12.1 Å². The third-order valence-corrected chi connectivity index (χ3v) is 7.36. The van der Waals surface area contributed by atoms with E-state index < -0.39 is 0 Å². The number of aliphatic hydroxyl groups excluding tert-OH is 2. The Kier molecular flexibility index (Phi) is 3.76. The molecule has 2 aliphatic carbocycles. The summed E-state index contributed by atoms with van der Waals surface area (Å²) < 4.78 is 0.917. The highest BCUT2D eigenvalue weighted by Gasteiger charge is 2.61. The van der Waals surface area contributed by atoms with Crippen molar-refractivity contribution < 1.29 is 24.6 Å². The molecule has 1 saturated heterocycles. The van der Waals surface area contributed by atoms with Crippen molar-refractivity contribution in [2.75, 3.05) is 27.2 Å². The maximum atomic E-state index is 12.7. The molecule has 3 N–H and O–H groups in total. The van der Waals surface area contributed by atoms with Crippen molar-refractivity contribution in [3.63, 3.8) is 0 Å². The van der Waals surface area contributed by atoms with E-state index in [0.29, 0.717) is 24.4 Å². The second-order valence-electron chi connectivity index (χ2n) is 8.81. The molecule has 136 valence electrons. The van der Waals surface area contributed by atoms with Gasteiger partial charge in [-0.05, 0) is 12.0 Å². The number of likely N-dealkylation sites (N-methyl/N-ethyl adjacent to an activating group) is 1. The molecule has 3 aliphatic rings. The summed E-state index contributed by atoms with van der Waals surface area (Å²) in [7, 11) is 4.51. The van der Waals surface area contributed by atoms with Crippen molar-refractivity contribution in [1.29, 1.82) is 0 Å². The van der Waals surface area contributed by atoms with Gasteiger partial charge in [-0.2, -0.15) is 0 Å². The number of carbonyl (C=O) groups excluding carboxylic acids is 1. The lowest BCUT2D eigenvalue weighted by Crippen LogP contribution is -2.68. The molecule has 1 aliphatic heterocycles. The maximum Gasteiger partial charge on any atom is 0.139 e. The number of ketones is 1. The Morgan fingerprint density at radius 1 is 1.28 bits per heavy atom. The molecule has 5 nitrogen and oxygen atoms in total. The lowest BCUT2D eigenvalue weighted by molar-refractivity contribution is -0.927. The summed E-state index contributed by atoms with van der Waals surface area (Å²) in [5.74, 6) is 0.305. The van der Waals surface area contributed by atoms with E-state index in [4.69, 9.17) is 0 Å². The summed E-state index contributed by atoms with van der Waals surface area (Å²) in [6.07, 6.45) is 2.83. The van der Waals surface area contributed by atoms with Crippen molar-refractivity contribution in [1.82, 2.24) is 0 Å². The minimum Gasteiger partial charge on any atom is -0.507 e. The zero-order chi connectivity index (χ0) is 18.0. The number of Topliss-reactive ketones (excluding diaryl/α,β-unsaturated/α-hetero) is 1. The molecule has 0 aromatic heterocycles. The average molecular weight is 346 g/mol. The molecule has 1 aromatic carbocycles. The van der Waals surface area contributed by atoms with Crippen LogP contribution in [0.5, 0.6) is 5.75 Å². The molecule has 0 radical (unpaired) electrons. The van der Waals surface area contributed by atoms with Crippen LogP contribution in [0.2, 0.25) is 0 Å². The average Bonchev–Trinajstić information content (AvgIpc) is 2.58. The van der Waals surface area contributed by atoms with Crippen LogP contribution in [0.4, 0.5) is 0 Å². The van der Waals surface area contributed by atoms with Gasteiger partial charge in [-0.15, -0.1) is 0 Å². The minimum atomic E-state index is -0.343. The summed E-state index contributed by atoms with van der Waals surface area (Å²) >= 11 is 0. The fraction of sp³-hybridized carbons (Fsp3) is 0.650. The van der Waals surface area contributed by atoms with E-state index in [1.165, 1.54) is 0 Å². The SMILES string of the molecule is C[N+]1(C)CC[C@@]23CC(=O)C(CO)CC2C1Cc1ccc(CO)c(O)c13. The van der Waals surface area contributed by atoms with Crippen LogP contribution < -0.4 is 0 Å².